The molecule has 0 aromatic heterocycles. The van der Waals surface area contributed by atoms with Crippen LogP contribution in [0, 0.1) is 24.0 Å². The number of aryl methyl sites for hydroxylation is 2. The highest BCUT2D eigenvalue weighted by molar-refractivity contribution is 6.31. The normalized spacial score (nSPS) is 15.4. The lowest BCUT2D eigenvalue weighted by atomic mass is 10.0. The van der Waals surface area contributed by atoms with Crippen LogP contribution >= 0.6 is 11.6 Å². The molecule has 1 aliphatic rings. The Morgan fingerprint density at radius 1 is 1.22 bits per heavy atom. The van der Waals surface area contributed by atoms with Crippen LogP contribution in [0.15, 0.2) is 30.3 Å². The van der Waals surface area contributed by atoms with E-state index >= 15 is 0 Å². The fourth-order valence-corrected chi connectivity index (χ4v) is 2.97. The van der Waals surface area contributed by atoms with E-state index in [1.54, 1.807) is 0 Å². The van der Waals surface area contributed by atoms with Crippen molar-refractivity contribution in [2.45, 2.75) is 26.3 Å². The summed E-state index contributed by atoms with van der Waals surface area (Å²) in [5.41, 5.74) is 3.20. The van der Waals surface area contributed by atoms with Crippen LogP contribution in [0.1, 0.15) is 17.5 Å². The molecule has 0 saturated carbocycles. The predicted octanol–water partition coefficient (Wildman–Crippen LogP) is 3.63. The van der Waals surface area contributed by atoms with Crippen molar-refractivity contribution in [3.63, 3.8) is 0 Å². The van der Waals surface area contributed by atoms with Gasteiger partial charge in [0.15, 0.2) is 0 Å². The molecule has 0 saturated heterocycles. The van der Waals surface area contributed by atoms with Crippen molar-refractivity contribution in [2.24, 2.45) is 0 Å². The molecule has 0 radical (unpaired) electrons. The lowest BCUT2D eigenvalue weighted by Gasteiger charge is -2.27. The Morgan fingerprint density at radius 3 is 2.56 bits per heavy atom. The highest BCUT2D eigenvalue weighted by Gasteiger charge is 2.28. The first kappa shape index (κ1) is 18.7. The first-order valence-electron chi connectivity index (χ1n) is 8.17. The third-order valence-corrected chi connectivity index (χ3v) is 4.59. The fraction of sp³-hybridized carbons (Fsp3) is 0.222. The number of halogens is 1. The third kappa shape index (κ3) is 4.01. The molecular weight excluding hydrogens is 372 g/mol. The van der Waals surface area contributed by atoms with E-state index in [0.717, 1.165) is 22.9 Å². The monoisotopic (exact) mass is 388 g/mol. The Kier molecular flexibility index (Phi) is 5.00. The summed E-state index contributed by atoms with van der Waals surface area (Å²) in [6.07, 6.45) is -0.183. The van der Waals surface area contributed by atoms with Gasteiger partial charge < -0.3 is 16.0 Å². The van der Waals surface area contributed by atoms with Gasteiger partial charge in [0.05, 0.1) is 22.7 Å². The van der Waals surface area contributed by atoms with Gasteiger partial charge in [-0.05, 0) is 49.2 Å². The number of rotatable bonds is 4. The molecule has 1 atom stereocenters. The molecular formula is C18H17ClN4O4. The zero-order valence-corrected chi connectivity index (χ0v) is 15.4. The van der Waals surface area contributed by atoms with Gasteiger partial charge in [-0.25, -0.2) is 0 Å². The number of hydrogen-bond donors (Lipinski definition) is 3. The van der Waals surface area contributed by atoms with Crippen molar-refractivity contribution in [2.75, 3.05) is 16.0 Å². The van der Waals surface area contributed by atoms with Gasteiger partial charge in [-0.15, -0.1) is 0 Å². The number of hydrogen-bond acceptors (Lipinski definition) is 5. The first-order chi connectivity index (χ1) is 12.7. The quantitative estimate of drug-likeness (QED) is 0.546. The smallest absolute Gasteiger partial charge is 0.294 e. The van der Waals surface area contributed by atoms with Gasteiger partial charge in [0.2, 0.25) is 11.8 Å². The van der Waals surface area contributed by atoms with E-state index in [-0.39, 0.29) is 28.7 Å². The number of benzene rings is 2. The van der Waals surface area contributed by atoms with E-state index in [0.29, 0.717) is 5.69 Å². The molecule has 0 aliphatic carbocycles. The van der Waals surface area contributed by atoms with Crippen LogP contribution in [0.3, 0.4) is 0 Å². The third-order valence-electron chi connectivity index (χ3n) is 4.36. The van der Waals surface area contributed by atoms with Gasteiger partial charge in [0, 0.05) is 11.1 Å². The van der Waals surface area contributed by atoms with Crippen LogP contribution in [-0.2, 0) is 9.59 Å². The van der Waals surface area contributed by atoms with Crippen molar-refractivity contribution in [3.8, 4) is 0 Å². The molecule has 0 fully saturated rings. The van der Waals surface area contributed by atoms with Crippen LogP contribution in [0.4, 0.5) is 22.7 Å². The molecule has 3 N–H and O–H groups in total. The van der Waals surface area contributed by atoms with Crippen molar-refractivity contribution >= 4 is 46.2 Å². The molecule has 2 amide bonds. The zero-order valence-electron chi connectivity index (χ0n) is 14.6. The van der Waals surface area contributed by atoms with Crippen LogP contribution in [-0.4, -0.2) is 22.8 Å². The minimum Gasteiger partial charge on any atom is -0.372 e. The molecule has 140 valence electrons. The van der Waals surface area contributed by atoms with E-state index in [4.69, 9.17) is 11.6 Å². The second-order valence-electron chi connectivity index (χ2n) is 6.34. The molecule has 8 nitrogen and oxygen atoms in total. The SMILES string of the molecule is Cc1cc2c(cc1C)NC(CC(=O)Nc1ccc(Cl)cc1[N+](=O)[O-])C(=O)N2. The van der Waals surface area contributed by atoms with Crippen molar-refractivity contribution in [3.05, 3.63) is 56.6 Å². The second-order valence-corrected chi connectivity index (χ2v) is 6.78. The molecule has 9 heteroatoms. The summed E-state index contributed by atoms with van der Waals surface area (Å²) in [5.74, 6) is -0.869. The number of nitrogens with zero attached hydrogens (tertiary/aromatic N) is 1. The molecule has 1 heterocycles. The number of nitro benzene ring substituents is 1. The Labute approximate surface area is 160 Å². The standard InChI is InChI=1S/C18H17ClN4O4/c1-9-5-13-14(6-10(9)2)22-18(25)15(20-13)8-17(24)21-12-4-3-11(19)7-16(12)23(26)27/h3-7,15,20H,8H2,1-2H3,(H,21,24)(H,22,25). The van der Waals surface area contributed by atoms with E-state index in [1.165, 1.54) is 12.1 Å². The molecule has 0 spiro atoms. The highest BCUT2D eigenvalue weighted by atomic mass is 35.5. The molecule has 2 aromatic carbocycles. The Hall–Kier alpha value is -3.13. The summed E-state index contributed by atoms with van der Waals surface area (Å²) < 4.78 is 0. The average Bonchev–Trinajstić information content (AvgIpc) is 2.59. The molecule has 1 aliphatic heterocycles. The average molecular weight is 389 g/mol. The number of amides is 2. The number of carbonyl (C=O) groups is 2. The zero-order chi connectivity index (χ0) is 19.7. The largest absolute Gasteiger partial charge is 0.372 e. The van der Waals surface area contributed by atoms with Gasteiger partial charge in [-0.1, -0.05) is 11.6 Å². The van der Waals surface area contributed by atoms with Crippen molar-refractivity contribution in [1.82, 2.24) is 0 Å². The Bertz CT molecular complexity index is 961. The molecule has 3 rings (SSSR count). The minimum absolute atomic E-state index is 0.0255. The van der Waals surface area contributed by atoms with Crippen LogP contribution in [0.25, 0.3) is 0 Å². The first-order valence-corrected chi connectivity index (χ1v) is 8.55. The van der Waals surface area contributed by atoms with E-state index in [2.05, 4.69) is 16.0 Å². The number of anilines is 3. The predicted molar refractivity (Wildman–Crippen MR) is 103 cm³/mol. The summed E-state index contributed by atoms with van der Waals surface area (Å²) in [5, 5.41) is 19.6. The number of fused-ring (bicyclic) bond motifs is 1. The van der Waals surface area contributed by atoms with Gasteiger partial charge in [-0.2, -0.15) is 0 Å². The van der Waals surface area contributed by atoms with Gasteiger partial charge >= 0.3 is 0 Å². The number of carbonyl (C=O) groups excluding carboxylic acids is 2. The summed E-state index contributed by atoms with van der Waals surface area (Å²) in [6, 6.07) is 6.93. The highest BCUT2D eigenvalue weighted by Crippen LogP contribution is 2.31. The fourth-order valence-electron chi connectivity index (χ4n) is 2.80. The maximum Gasteiger partial charge on any atom is 0.294 e. The topological polar surface area (TPSA) is 113 Å². The second kappa shape index (κ2) is 7.24. The van der Waals surface area contributed by atoms with E-state index in [9.17, 15) is 19.7 Å². The summed E-state index contributed by atoms with van der Waals surface area (Å²) in [7, 11) is 0. The summed E-state index contributed by atoms with van der Waals surface area (Å²) in [4.78, 5) is 35.1. The van der Waals surface area contributed by atoms with E-state index in [1.807, 2.05) is 26.0 Å². The number of nitrogens with one attached hydrogen (secondary N) is 3. The molecule has 2 aromatic rings. The van der Waals surface area contributed by atoms with E-state index < -0.39 is 16.9 Å². The van der Waals surface area contributed by atoms with Crippen LogP contribution in [0.2, 0.25) is 5.02 Å². The minimum atomic E-state index is -0.786. The maximum atomic E-state index is 12.3. The van der Waals surface area contributed by atoms with Crippen molar-refractivity contribution < 1.29 is 14.5 Å². The van der Waals surface area contributed by atoms with Gasteiger partial charge in [-0.3, -0.25) is 19.7 Å². The number of nitro groups is 1. The van der Waals surface area contributed by atoms with Gasteiger partial charge in [0.1, 0.15) is 11.7 Å². The maximum absolute atomic E-state index is 12.3. The molecule has 27 heavy (non-hydrogen) atoms. The Balaban J connectivity index is 1.74. The van der Waals surface area contributed by atoms with Crippen LogP contribution < -0.4 is 16.0 Å². The van der Waals surface area contributed by atoms with Crippen LogP contribution in [0.5, 0.6) is 0 Å². The molecule has 1 unspecified atom stereocenters. The lowest BCUT2D eigenvalue weighted by molar-refractivity contribution is -0.383. The summed E-state index contributed by atoms with van der Waals surface area (Å²) in [6.45, 7) is 3.90. The lowest BCUT2D eigenvalue weighted by Crippen LogP contribution is -2.41. The Morgan fingerprint density at radius 2 is 1.89 bits per heavy atom. The van der Waals surface area contributed by atoms with Crippen molar-refractivity contribution in [1.29, 1.82) is 0 Å². The molecule has 0 bridgehead atoms. The van der Waals surface area contributed by atoms with Gasteiger partial charge in [0.25, 0.3) is 5.69 Å². The summed E-state index contributed by atoms with van der Waals surface area (Å²) >= 11 is 5.76.